The predicted octanol–water partition coefficient (Wildman–Crippen LogP) is 1.17. The third-order valence-corrected chi connectivity index (χ3v) is 7.48. The van der Waals surface area contributed by atoms with E-state index in [4.69, 9.17) is 4.52 Å². The quantitative estimate of drug-likeness (QED) is 0.409. The molecular formula is C27H32B2FN5O3. The molecule has 5 rings (SSSR count). The SMILES string of the molecule is BBc1cc(C(C(=O)N2C[C@H](O)C[C@H]2C2=NNC(C)(c3ccc(-c4ccccc4F)cc3)N2)C(C)C)on1. The number of nitrogens with one attached hydrogen (secondary N) is 2. The Morgan fingerprint density at radius 2 is 2.00 bits per heavy atom. The topological polar surface area (TPSA) is 103 Å². The summed E-state index contributed by atoms with van der Waals surface area (Å²) < 4.78 is 19.8. The molecule has 2 aliphatic heterocycles. The lowest BCUT2D eigenvalue weighted by atomic mass is 9.53. The summed E-state index contributed by atoms with van der Waals surface area (Å²) in [6.07, 6.45) is -0.280. The van der Waals surface area contributed by atoms with E-state index in [9.17, 15) is 14.3 Å². The van der Waals surface area contributed by atoms with Gasteiger partial charge >= 0.3 is 0 Å². The summed E-state index contributed by atoms with van der Waals surface area (Å²) in [5, 5.41) is 22.6. The smallest absolute Gasteiger partial charge is 0.234 e. The third-order valence-electron chi connectivity index (χ3n) is 7.48. The highest BCUT2D eigenvalue weighted by Gasteiger charge is 2.45. The Kier molecular flexibility index (Phi) is 7.05. The number of benzene rings is 2. The number of likely N-dealkylation sites (tertiary alicyclic amines) is 1. The van der Waals surface area contributed by atoms with Crippen LogP contribution in [0.15, 0.2) is 64.2 Å². The summed E-state index contributed by atoms with van der Waals surface area (Å²) in [5.74, 6) is 0.213. The molecule has 3 heterocycles. The highest BCUT2D eigenvalue weighted by molar-refractivity contribution is 6.97. The number of β-amino-alcohol motifs (C(OH)–C–C–N with tert-alkyl or cyclic N) is 1. The maximum Gasteiger partial charge on any atom is 0.234 e. The van der Waals surface area contributed by atoms with Crippen molar-refractivity contribution in [3.05, 3.63) is 71.7 Å². The standard InChI is InChI=1S/C27H32B2FN5O3/c1-15(2)24(22-13-23(29-28)33-38-22)26(37)35-14-18(36)12-21(35)25-31-27(3,34-32-25)17-10-8-16(9-11-17)19-6-4-5-7-20(19)30/h4-11,13,15,18,21,24,29,34,36H,12,14,28H2,1-3H3,(H,31,32)/t18-,21+,24?,27?/m1/s1. The summed E-state index contributed by atoms with van der Waals surface area (Å²) in [6.45, 7) is 6.13. The van der Waals surface area contributed by atoms with Gasteiger partial charge in [-0.3, -0.25) is 10.2 Å². The van der Waals surface area contributed by atoms with E-state index in [1.165, 1.54) is 6.07 Å². The second-order valence-corrected chi connectivity index (χ2v) is 10.6. The van der Waals surface area contributed by atoms with Gasteiger partial charge in [-0.25, -0.2) is 4.39 Å². The van der Waals surface area contributed by atoms with E-state index < -0.39 is 23.7 Å². The number of hydrazone groups is 1. The number of aromatic nitrogens is 1. The molecule has 11 heteroatoms. The second kappa shape index (κ2) is 10.3. The first-order valence-corrected chi connectivity index (χ1v) is 13.1. The first-order chi connectivity index (χ1) is 18.2. The number of hydrogen-bond acceptors (Lipinski definition) is 7. The Labute approximate surface area is 223 Å². The van der Waals surface area contributed by atoms with Crippen molar-refractivity contribution in [1.82, 2.24) is 20.8 Å². The van der Waals surface area contributed by atoms with Crippen LogP contribution in [0.4, 0.5) is 4.39 Å². The number of aliphatic hydroxyl groups is 1. The van der Waals surface area contributed by atoms with Gasteiger partial charge in [-0.1, -0.05) is 61.5 Å². The number of aliphatic hydroxyl groups excluding tert-OH is 1. The number of nitrogens with zero attached hydrogens (tertiary/aromatic N) is 3. The number of carbonyl (C=O) groups is 1. The molecule has 0 spiro atoms. The summed E-state index contributed by atoms with van der Waals surface area (Å²) in [6, 6.07) is 15.7. The molecule has 2 aromatic carbocycles. The van der Waals surface area contributed by atoms with Crippen molar-refractivity contribution in [2.75, 3.05) is 6.54 Å². The number of halogens is 1. The first-order valence-electron chi connectivity index (χ1n) is 13.1. The van der Waals surface area contributed by atoms with Crippen LogP contribution in [-0.2, 0) is 10.5 Å². The fourth-order valence-corrected chi connectivity index (χ4v) is 5.33. The van der Waals surface area contributed by atoms with E-state index in [1.807, 2.05) is 64.9 Å². The van der Waals surface area contributed by atoms with Crippen LogP contribution in [0.3, 0.4) is 0 Å². The molecule has 2 unspecified atom stereocenters. The molecule has 0 radical (unpaired) electrons. The number of hydrogen-bond donors (Lipinski definition) is 3. The second-order valence-electron chi connectivity index (χ2n) is 10.6. The van der Waals surface area contributed by atoms with Gasteiger partial charge in [-0.05, 0) is 36.1 Å². The Balaban J connectivity index is 1.35. The normalized spacial score (nSPS) is 23.6. The van der Waals surface area contributed by atoms with E-state index in [0.717, 1.165) is 23.9 Å². The minimum Gasteiger partial charge on any atom is -0.391 e. The van der Waals surface area contributed by atoms with Gasteiger partial charge in [0.15, 0.2) is 0 Å². The van der Waals surface area contributed by atoms with Crippen LogP contribution in [0.5, 0.6) is 0 Å². The summed E-state index contributed by atoms with van der Waals surface area (Å²) in [4.78, 5) is 15.5. The molecule has 1 aromatic heterocycles. The van der Waals surface area contributed by atoms with Gasteiger partial charge in [-0.2, -0.15) is 5.10 Å². The van der Waals surface area contributed by atoms with Gasteiger partial charge in [0.05, 0.1) is 19.9 Å². The van der Waals surface area contributed by atoms with E-state index in [-0.39, 0.29) is 24.2 Å². The molecular weight excluding hydrogens is 483 g/mol. The third kappa shape index (κ3) is 4.82. The van der Waals surface area contributed by atoms with Crippen molar-refractivity contribution in [2.24, 2.45) is 11.0 Å². The van der Waals surface area contributed by atoms with E-state index in [0.29, 0.717) is 23.6 Å². The lowest BCUT2D eigenvalue weighted by Crippen LogP contribution is -2.52. The van der Waals surface area contributed by atoms with E-state index >= 15 is 0 Å². The van der Waals surface area contributed by atoms with E-state index in [2.05, 4.69) is 21.0 Å². The van der Waals surface area contributed by atoms with Gasteiger partial charge in [0, 0.05) is 24.1 Å². The molecule has 3 aromatic rings. The minimum atomic E-state index is -0.732. The molecule has 4 atom stereocenters. The highest BCUT2D eigenvalue weighted by Crippen LogP contribution is 2.32. The van der Waals surface area contributed by atoms with Crippen molar-refractivity contribution in [1.29, 1.82) is 0 Å². The monoisotopic (exact) mass is 515 g/mol. The zero-order valence-electron chi connectivity index (χ0n) is 22.1. The Hall–Kier alpha value is -3.59. The van der Waals surface area contributed by atoms with Crippen molar-refractivity contribution in [2.45, 2.75) is 50.9 Å². The van der Waals surface area contributed by atoms with Crippen molar-refractivity contribution < 1.29 is 18.8 Å². The zero-order valence-corrected chi connectivity index (χ0v) is 22.1. The minimum absolute atomic E-state index is 0.0200. The molecule has 2 aliphatic rings. The number of amidine groups is 1. The fraction of sp³-hybridized carbons (Fsp3) is 0.370. The average Bonchev–Trinajstić information content (AvgIpc) is 3.63. The van der Waals surface area contributed by atoms with Gasteiger partial charge in [-0.15, -0.1) is 0 Å². The van der Waals surface area contributed by atoms with Crippen molar-refractivity contribution >= 4 is 32.2 Å². The van der Waals surface area contributed by atoms with Gasteiger partial charge in [0.1, 0.15) is 36.2 Å². The Bertz CT molecular complexity index is 1350. The van der Waals surface area contributed by atoms with Gasteiger partial charge < -0.3 is 19.8 Å². The van der Waals surface area contributed by atoms with Crippen LogP contribution < -0.4 is 16.3 Å². The van der Waals surface area contributed by atoms with Crippen LogP contribution in [0.1, 0.15) is 44.4 Å². The predicted molar refractivity (Wildman–Crippen MR) is 148 cm³/mol. The van der Waals surface area contributed by atoms with E-state index in [1.54, 1.807) is 17.0 Å². The van der Waals surface area contributed by atoms with Crippen LogP contribution >= 0.6 is 0 Å². The molecule has 3 N–H and O–H groups in total. The lowest BCUT2D eigenvalue weighted by Gasteiger charge is -2.31. The number of rotatable bonds is 7. The number of amides is 1. The zero-order chi connectivity index (χ0) is 27.0. The van der Waals surface area contributed by atoms with Gasteiger partial charge in [0.25, 0.3) is 0 Å². The van der Waals surface area contributed by atoms with Crippen LogP contribution in [0.2, 0.25) is 0 Å². The first kappa shape index (κ1) is 26.0. The lowest BCUT2D eigenvalue weighted by molar-refractivity contribution is -0.134. The van der Waals surface area contributed by atoms with Crippen molar-refractivity contribution in [3.8, 4) is 11.1 Å². The highest BCUT2D eigenvalue weighted by atomic mass is 19.1. The summed E-state index contributed by atoms with van der Waals surface area (Å²) in [5.41, 5.74) is 5.47. The molecule has 196 valence electrons. The molecule has 0 aliphatic carbocycles. The molecule has 1 amide bonds. The molecule has 8 nitrogen and oxygen atoms in total. The molecule has 1 fully saturated rings. The molecule has 0 bridgehead atoms. The Morgan fingerprint density at radius 3 is 2.66 bits per heavy atom. The molecule has 1 saturated heterocycles. The van der Waals surface area contributed by atoms with Crippen LogP contribution in [0, 0.1) is 11.7 Å². The van der Waals surface area contributed by atoms with Crippen LogP contribution in [-0.4, -0.2) is 60.5 Å². The van der Waals surface area contributed by atoms with Gasteiger partial charge in [0.2, 0.25) is 5.91 Å². The van der Waals surface area contributed by atoms with Crippen molar-refractivity contribution in [3.63, 3.8) is 0 Å². The molecule has 0 saturated carbocycles. The molecule has 38 heavy (non-hydrogen) atoms. The maximum absolute atomic E-state index is 14.2. The summed E-state index contributed by atoms with van der Waals surface area (Å²) in [7, 11) is 2.71. The average molecular weight is 515 g/mol. The number of carbonyl (C=O) groups excluding carboxylic acids is 1. The Morgan fingerprint density at radius 1 is 1.26 bits per heavy atom. The largest absolute Gasteiger partial charge is 0.391 e. The summed E-state index contributed by atoms with van der Waals surface area (Å²) >= 11 is 0. The maximum atomic E-state index is 14.2. The van der Waals surface area contributed by atoms with Crippen LogP contribution in [0.25, 0.3) is 11.1 Å². The fourth-order valence-electron chi connectivity index (χ4n) is 5.33.